The largest absolute Gasteiger partial charge is 0.507 e. The van der Waals surface area contributed by atoms with Crippen LogP contribution in [0.2, 0.25) is 0 Å². The van der Waals surface area contributed by atoms with E-state index in [4.69, 9.17) is 0 Å². The van der Waals surface area contributed by atoms with Gasteiger partial charge >= 0.3 is 5.97 Å². The molecule has 0 aliphatic heterocycles. The molecule has 2 aromatic rings. The second-order valence-electron chi connectivity index (χ2n) is 10.0. The smallest absolute Gasteiger partial charge is 0.307 e. The van der Waals surface area contributed by atoms with E-state index in [1.54, 1.807) is 0 Å². The Morgan fingerprint density at radius 1 is 0.821 bits per heavy atom. The van der Waals surface area contributed by atoms with E-state index in [0.717, 1.165) is 38.9 Å². The number of aromatic hydroxyl groups is 1. The maximum atomic E-state index is 11.6. The van der Waals surface area contributed by atoms with E-state index in [1.165, 1.54) is 0 Å². The molecule has 0 aliphatic rings. The minimum atomic E-state index is -0.834. The van der Waals surface area contributed by atoms with Crippen LogP contribution in [0.1, 0.15) is 80.5 Å². The van der Waals surface area contributed by atoms with Gasteiger partial charge in [0.05, 0.1) is 6.42 Å². The lowest BCUT2D eigenvalue weighted by atomic mass is 9.78. The average Bonchev–Trinajstić information content (AvgIpc) is 2.50. The van der Waals surface area contributed by atoms with Crippen molar-refractivity contribution in [3.63, 3.8) is 0 Å². The van der Waals surface area contributed by atoms with Crippen LogP contribution >= 0.6 is 0 Å². The Bertz CT molecular complexity index is 893. The van der Waals surface area contributed by atoms with E-state index >= 15 is 0 Å². The van der Waals surface area contributed by atoms with E-state index in [-0.39, 0.29) is 17.3 Å². The number of hydrogen-bond donors (Lipinski definition) is 2. The minimum absolute atomic E-state index is 0.0130. The molecule has 0 radical (unpaired) electrons. The fourth-order valence-electron chi connectivity index (χ4n) is 3.84. The Labute approximate surface area is 169 Å². The molecule has 3 nitrogen and oxygen atoms in total. The number of hydrogen-bond acceptors (Lipinski definition) is 2. The normalized spacial score (nSPS) is 12.3. The molecule has 3 heteroatoms. The van der Waals surface area contributed by atoms with E-state index in [0.29, 0.717) is 12.2 Å². The van der Waals surface area contributed by atoms with Crippen LogP contribution in [0.4, 0.5) is 0 Å². The molecular weight excluding hydrogens is 348 g/mol. The van der Waals surface area contributed by atoms with Gasteiger partial charge in [-0.3, -0.25) is 4.79 Å². The SMILES string of the molecule is Cc1cc(Cc2cc(C)cc(C(C)(C)C)c2CC(=O)O)c(O)c(C(C)(C)C)c1. The molecule has 0 fully saturated rings. The Balaban J connectivity index is 2.69. The molecule has 0 amide bonds. The predicted molar refractivity (Wildman–Crippen MR) is 116 cm³/mol. The lowest BCUT2D eigenvalue weighted by molar-refractivity contribution is -0.136. The van der Waals surface area contributed by atoms with Crippen molar-refractivity contribution in [1.82, 2.24) is 0 Å². The Morgan fingerprint density at radius 2 is 1.29 bits per heavy atom. The highest BCUT2D eigenvalue weighted by Crippen LogP contribution is 2.37. The van der Waals surface area contributed by atoms with Gasteiger partial charge < -0.3 is 10.2 Å². The topological polar surface area (TPSA) is 57.5 Å². The summed E-state index contributed by atoms with van der Waals surface area (Å²) >= 11 is 0. The summed E-state index contributed by atoms with van der Waals surface area (Å²) < 4.78 is 0. The van der Waals surface area contributed by atoms with Gasteiger partial charge in [-0.2, -0.15) is 0 Å². The number of phenolic OH excluding ortho intramolecular Hbond substituents is 1. The Kier molecular flexibility index (Phi) is 5.98. The molecule has 0 aliphatic carbocycles. The van der Waals surface area contributed by atoms with Gasteiger partial charge in [0, 0.05) is 6.42 Å². The third-order valence-corrected chi connectivity index (χ3v) is 5.14. The van der Waals surface area contributed by atoms with Gasteiger partial charge in [-0.05, 0) is 52.5 Å². The number of rotatable bonds is 4. The summed E-state index contributed by atoms with van der Waals surface area (Å²) in [6.45, 7) is 16.7. The van der Waals surface area contributed by atoms with Gasteiger partial charge in [-0.1, -0.05) is 76.9 Å². The van der Waals surface area contributed by atoms with Gasteiger partial charge in [-0.25, -0.2) is 0 Å². The van der Waals surface area contributed by atoms with Crippen LogP contribution in [-0.4, -0.2) is 16.2 Å². The van der Waals surface area contributed by atoms with E-state index < -0.39 is 5.97 Å². The summed E-state index contributed by atoms with van der Waals surface area (Å²) in [5.41, 5.74) is 6.56. The quantitative estimate of drug-likeness (QED) is 0.700. The van der Waals surface area contributed by atoms with Crippen molar-refractivity contribution in [2.24, 2.45) is 0 Å². The van der Waals surface area contributed by atoms with Crippen LogP contribution in [0.5, 0.6) is 5.75 Å². The van der Waals surface area contributed by atoms with E-state index in [9.17, 15) is 15.0 Å². The van der Waals surface area contributed by atoms with Crippen molar-refractivity contribution >= 4 is 5.97 Å². The van der Waals surface area contributed by atoms with Crippen LogP contribution in [0, 0.1) is 13.8 Å². The molecule has 0 saturated carbocycles. The van der Waals surface area contributed by atoms with Crippen molar-refractivity contribution < 1.29 is 15.0 Å². The third-order valence-electron chi connectivity index (χ3n) is 5.14. The highest BCUT2D eigenvalue weighted by atomic mass is 16.4. The van der Waals surface area contributed by atoms with Crippen molar-refractivity contribution in [2.75, 3.05) is 0 Å². The van der Waals surface area contributed by atoms with E-state index in [1.807, 2.05) is 26.0 Å². The van der Waals surface area contributed by atoms with Gasteiger partial charge in [0.1, 0.15) is 5.75 Å². The molecule has 2 rings (SSSR count). The van der Waals surface area contributed by atoms with Gasteiger partial charge in [0.25, 0.3) is 0 Å². The van der Waals surface area contributed by atoms with Gasteiger partial charge in [0.15, 0.2) is 0 Å². The summed E-state index contributed by atoms with van der Waals surface area (Å²) in [4.78, 5) is 11.6. The highest BCUT2D eigenvalue weighted by Gasteiger charge is 2.25. The first kappa shape index (κ1) is 22.0. The van der Waals surface area contributed by atoms with E-state index in [2.05, 4.69) is 53.7 Å². The molecule has 0 spiro atoms. The number of aryl methyl sites for hydroxylation is 2. The Morgan fingerprint density at radius 3 is 1.75 bits per heavy atom. The first-order valence-electron chi connectivity index (χ1n) is 9.87. The van der Waals surface area contributed by atoms with Crippen molar-refractivity contribution in [3.05, 3.63) is 63.2 Å². The maximum Gasteiger partial charge on any atom is 0.307 e. The molecule has 0 saturated heterocycles. The summed E-state index contributed by atoms with van der Waals surface area (Å²) in [7, 11) is 0. The molecule has 2 N–H and O–H groups in total. The first-order chi connectivity index (χ1) is 12.7. The Hall–Kier alpha value is -2.29. The number of phenols is 1. The lowest BCUT2D eigenvalue weighted by Gasteiger charge is -2.26. The van der Waals surface area contributed by atoms with Crippen LogP contribution in [0.3, 0.4) is 0 Å². The molecule has 0 aromatic heterocycles. The number of benzene rings is 2. The molecular formula is C25H34O3. The van der Waals surface area contributed by atoms with Gasteiger partial charge in [0.2, 0.25) is 0 Å². The van der Waals surface area contributed by atoms with Crippen molar-refractivity contribution in [1.29, 1.82) is 0 Å². The zero-order valence-corrected chi connectivity index (χ0v) is 18.5. The zero-order valence-electron chi connectivity index (χ0n) is 18.5. The van der Waals surface area contributed by atoms with Crippen LogP contribution in [-0.2, 0) is 28.5 Å². The monoisotopic (exact) mass is 382 g/mol. The standard InChI is InChI=1S/C25H34O3/c1-15-9-17(19(14-22(26)27)20(11-15)24(3,4)5)13-18-10-16(2)12-21(23(18)28)25(6,7)8/h9-12,28H,13-14H2,1-8H3,(H,26,27). The molecule has 0 unspecified atom stereocenters. The number of carboxylic acids is 1. The number of carbonyl (C=O) groups is 1. The number of aliphatic carboxylic acids is 1. The van der Waals surface area contributed by atoms with Crippen molar-refractivity contribution in [2.45, 2.75) is 79.1 Å². The fraction of sp³-hybridized carbons (Fsp3) is 0.480. The second-order valence-corrected chi connectivity index (χ2v) is 10.0. The summed E-state index contributed by atoms with van der Waals surface area (Å²) in [6.07, 6.45) is 0.505. The predicted octanol–water partition coefficient (Wildman–Crippen LogP) is 5.82. The van der Waals surface area contributed by atoms with Crippen LogP contribution in [0.25, 0.3) is 0 Å². The van der Waals surface area contributed by atoms with Gasteiger partial charge in [-0.15, -0.1) is 0 Å². The minimum Gasteiger partial charge on any atom is -0.507 e. The molecule has 0 bridgehead atoms. The summed E-state index contributed by atoms with van der Waals surface area (Å²) in [5.74, 6) is -0.516. The summed E-state index contributed by atoms with van der Waals surface area (Å²) in [6, 6.07) is 8.20. The first-order valence-corrected chi connectivity index (χ1v) is 9.87. The third kappa shape index (κ3) is 4.95. The number of carboxylic acid groups (broad SMARTS) is 1. The second kappa shape index (κ2) is 7.62. The highest BCUT2D eigenvalue weighted by molar-refractivity contribution is 5.72. The molecule has 0 atom stereocenters. The van der Waals surface area contributed by atoms with Crippen LogP contribution in [0.15, 0.2) is 24.3 Å². The van der Waals surface area contributed by atoms with Crippen LogP contribution < -0.4 is 0 Å². The molecule has 0 heterocycles. The summed E-state index contributed by atoms with van der Waals surface area (Å²) in [5, 5.41) is 20.5. The molecule has 28 heavy (non-hydrogen) atoms. The zero-order chi connectivity index (χ0) is 21.4. The maximum absolute atomic E-state index is 11.6. The molecule has 152 valence electrons. The fourth-order valence-corrected chi connectivity index (χ4v) is 3.84. The van der Waals surface area contributed by atoms with Crippen molar-refractivity contribution in [3.8, 4) is 5.75 Å². The average molecular weight is 383 g/mol. The lowest BCUT2D eigenvalue weighted by Crippen LogP contribution is -2.19. The molecule has 2 aromatic carbocycles.